The summed E-state index contributed by atoms with van der Waals surface area (Å²) in [6.07, 6.45) is 9.90. The molecule has 0 unspecified atom stereocenters. The van der Waals surface area contributed by atoms with E-state index in [1.165, 1.54) is 18.2 Å². The fourth-order valence-corrected chi connectivity index (χ4v) is 4.26. The quantitative estimate of drug-likeness (QED) is 0.380. The van der Waals surface area contributed by atoms with E-state index in [1.807, 2.05) is 30.6 Å². The molecule has 2 aliphatic rings. The van der Waals surface area contributed by atoms with Gasteiger partial charge in [0.15, 0.2) is 5.69 Å². The molecule has 1 aromatic carbocycles. The standard InChI is InChI=1S/C26H25N7O2/c34-25(17-2-3-17)29-22-6-7-27-14-23(22)30-26(35)24-20-11-18(4-5-21(20)31-32-24)19-10-16(12-28-13-19)15-33-8-1-9-33/h4-7,10-14,17H,1-3,8-9,15H2,(H,30,35)(H,31,32)(H,27,29,34). The molecule has 4 aromatic rings. The Morgan fingerprint density at radius 2 is 1.86 bits per heavy atom. The fraction of sp³-hybridized carbons (Fsp3) is 0.269. The Bertz CT molecular complexity index is 1420. The lowest BCUT2D eigenvalue weighted by molar-refractivity contribution is -0.117. The van der Waals surface area contributed by atoms with Crippen LogP contribution in [0.2, 0.25) is 0 Å². The first-order valence-electron chi connectivity index (χ1n) is 11.8. The van der Waals surface area contributed by atoms with Crippen molar-refractivity contribution in [3.05, 3.63) is 66.4 Å². The van der Waals surface area contributed by atoms with Crippen molar-refractivity contribution in [2.75, 3.05) is 23.7 Å². The molecule has 0 spiro atoms. The number of rotatable bonds is 7. The van der Waals surface area contributed by atoms with Crippen LogP contribution in [0.15, 0.2) is 55.1 Å². The highest BCUT2D eigenvalue weighted by Gasteiger charge is 2.30. The lowest BCUT2D eigenvalue weighted by atomic mass is 10.0. The molecule has 1 aliphatic carbocycles. The number of hydrogen-bond donors (Lipinski definition) is 3. The number of pyridine rings is 2. The smallest absolute Gasteiger partial charge is 0.276 e. The molecule has 2 fully saturated rings. The van der Waals surface area contributed by atoms with Crippen LogP contribution in [0.1, 0.15) is 35.3 Å². The van der Waals surface area contributed by atoms with Gasteiger partial charge in [0.25, 0.3) is 5.91 Å². The molecule has 4 heterocycles. The van der Waals surface area contributed by atoms with Crippen LogP contribution in [0.5, 0.6) is 0 Å². The molecule has 1 saturated carbocycles. The molecule has 1 aliphatic heterocycles. The van der Waals surface area contributed by atoms with E-state index in [0.717, 1.165) is 49.1 Å². The van der Waals surface area contributed by atoms with E-state index in [2.05, 4.69) is 41.8 Å². The van der Waals surface area contributed by atoms with E-state index in [0.29, 0.717) is 16.8 Å². The summed E-state index contributed by atoms with van der Waals surface area (Å²) in [6, 6.07) is 9.70. The highest BCUT2D eigenvalue weighted by molar-refractivity contribution is 6.13. The minimum Gasteiger partial charge on any atom is -0.324 e. The second kappa shape index (κ2) is 8.92. The average molecular weight is 468 g/mol. The van der Waals surface area contributed by atoms with Crippen molar-refractivity contribution in [2.24, 2.45) is 5.92 Å². The highest BCUT2D eigenvalue weighted by Crippen LogP contribution is 2.32. The van der Waals surface area contributed by atoms with E-state index in [-0.39, 0.29) is 23.4 Å². The van der Waals surface area contributed by atoms with Gasteiger partial charge in [-0.3, -0.25) is 29.6 Å². The summed E-state index contributed by atoms with van der Waals surface area (Å²) in [6.45, 7) is 3.16. The van der Waals surface area contributed by atoms with E-state index in [4.69, 9.17) is 0 Å². The normalized spacial score (nSPS) is 15.5. The summed E-state index contributed by atoms with van der Waals surface area (Å²) in [5.41, 5.74) is 5.12. The largest absolute Gasteiger partial charge is 0.324 e. The van der Waals surface area contributed by atoms with Gasteiger partial charge < -0.3 is 10.6 Å². The third-order valence-electron chi connectivity index (χ3n) is 6.54. The minimum atomic E-state index is -0.381. The number of anilines is 2. The first-order valence-corrected chi connectivity index (χ1v) is 11.8. The van der Waals surface area contributed by atoms with Gasteiger partial charge in [0.1, 0.15) is 0 Å². The van der Waals surface area contributed by atoms with Gasteiger partial charge in [0, 0.05) is 42.0 Å². The number of nitrogens with zero attached hydrogens (tertiary/aromatic N) is 4. The molecule has 35 heavy (non-hydrogen) atoms. The maximum Gasteiger partial charge on any atom is 0.276 e. The van der Waals surface area contributed by atoms with Crippen LogP contribution >= 0.6 is 0 Å². The lowest BCUT2D eigenvalue weighted by Crippen LogP contribution is -2.36. The summed E-state index contributed by atoms with van der Waals surface area (Å²) in [5.74, 6) is -0.362. The first kappa shape index (κ1) is 21.4. The van der Waals surface area contributed by atoms with E-state index < -0.39 is 0 Å². The van der Waals surface area contributed by atoms with Gasteiger partial charge in [-0.25, -0.2) is 0 Å². The number of carbonyl (C=O) groups excluding carboxylic acids is 2. The van der Waals surface area contributed by atoms with Gasteiger partial charge in [0.05, 0.1) is 23.1 Å². The van der Waals surface area contributed by atoms with Crippen molar-refractivity contribution in [3.8, 4) is 11.1 Å². The number of H-pyrrole nitrogens is 1. The van der Waals surface area contributed by atoms with Crippen molar-refractivity contribution < 1.29 is 9.59 Å². The number of aromatic amines is 1. The van der Waals surface area contributed by atoms with Crippen LogP contribution in [-0.2, 0) is 11.3 Å². The molecule has 0 radical (unpaired) electrons. The van der Waals surface area contributed by atoms with Crippen LogP contribution in [0.3, 0.4) is 0 Å². The predicted molar refractivity (Wildman–Crippen MR) is 133 cm³/mol. The Morgan fingerprint density at radius 1 is 0.971 bits per heavy atom. The van der Waals surface area contributed by atoms with Crippen LogP contribution in [0.25, 0.3) is 22.0 Å². The molecule has 1 saturated heterocycles. The van der Waals surface area contributed by atoms with Gasteiger partial charge in [-0.15, -0.1) is 0 Å². The van der Waals surface area contributed by atoms with Crippen molar-refractivity contribution in [1.82, 2.24) is 25.1 Å². The molecular weight excluding hydrogens is 442 g/mol. The third-order valence-corrected chi connectivity index (χ3v) is 6.54. The number of aromatic nitrogens is 4. The highest BCUT2D eigenvalue weighted by atomic mass is 16.2. The summed E-state index contributed by atoms with van der Waals surface area (Å²) >= 11 is 0. The third kappa shape index (κ3) is 4.50. The summed E-state index contributed by atoms with van der Waals surface area (Å²) < 4.78 is 0. The van der Waals surface area contributed by atoms with E-state index in [1.54, 1.807) is 12.3 Å². The van der Waals surface area contributed by atoms with Gasteiger partial charge >= 0.3 is 0 Å². The topological polar surface area (TPSA) is 116 Å². The first-order chi connectivity index (χ1) is 17.1. The molecule has 0 atom stereocenters. The number of likely N-dealkylation sites (tertiary alicyclic amines) is 1. The number of fused-ring (bicyclic) bond motifs is 1. The zero-order valence-electron chi connectivity index (χ0n) is 19.1. The van der Waals surface area contributed by atoms with Gasteiger partial charge in [-0.05, 0) is 67.7 Å². The second-order valence-electron chi connectivity index (χ2n) is 9.18. The Kier molecular flexibility index (Phi) is 5.46. The Balaban J connectivity index is 1.25. The fourth-order valence-electron chi connectivity index (χ4n) is 4.26. The van der Waals surface area contributed by atoms with Crippen molar-refractivity contribution in [3.63, 3.8) is 0 Å². The average Bonchev–Trinajstić information content (AvgIpc) is 3.62. The molecule has 2 amide bonds. The molecule has 9 nitrogen and oxygen atoms in total. The molecular formula is C26H25N7O2. The van der Waals surface area contributed by atoms with Crippen LogP contribution < -0.4 is 10.6 Å². The van der Waals surface area contributed by atoms with E-state index >= 15 is 0 Å². The molecule has 9 heteroatoms. The Morgan fingerprint density at radius 3 is 2.66 bits per heavy atom. The Labute approximate surface area is 202 Å². The molecule has 3 aromatic heterocycles. The SMILES string of the molecule is O=C(Nc1cnccc1NC(=O)C1CC1)c1n[nH]c2ccc(-c3cncc(CN4CCC4)c3)cc12. The molecule has 3 N–H and O–H groups in total. The minimum absolute atomic E-state index is 0.0356. The van der Waals surface area contributed by atoms with Gasteiger partial charge in [0.2, 0.25) is 5.91 Å². The van der Waals surface area contributed by atoms with E-state index in [9.17, 15) is 9.59 Å². The number of benzene rings is 1. The maximum absolute atomic E-state index is 13.2. The molecule has 0 bridgehead atoms. The number of carbonyl (C=O) groups is 2. The van der Waals surface area contributed by atoms with Crippen LogP contribution in [0, 0.1) is 5.92 Å². The lowest BCUT2D eigenvalue weighted by Gasteiger charge is -2.30. The number of hydrogen-bond acceptors (Lipinski definition) is 6. The second-order valence-corrected chi connectivity index (χ2v) is 9.18. The van der Waals surface area contributed by atoms with Crippen molar-refractivity contribution >= 4 is 34.1 Å². The Hall–Kier alpha value is -4.11. The number of amides is 2. The van der Waals surface area contributed by atoms with Crippen molar-refractivity contribution in [2.45, 2.75) is 25.8 Å². The zero-order chi connectivity index (χ0) is 23.8. The summed E-state index contributed by atoms with van der Waals surface area (Å²) in [7, 11) is 0. The zero-order valence-corrected chi connectivity index (χ0v) is 19.1. The summed E-state index contributed by atoms with van der Waals surface area (Å²) in [4.78, 5) is 36.3. The monoisotopic (exact) mass is 467 g/mol. The number of nitrogens with one attached hydrogen (secondary N) is 3. The van der Waals surface area contributed by atoms with Gasteiger partial charge in [-0.2, -0.15) is 5.10 Å². The van der Waals surface area contributed by atoms with Crippen LogP contribution in [-0.4, -0.2) is 50.0 Å². The van der Waals surface area contributed by atoms with Crippen molar-refractivity contribution in [1.29, 1.82) is 0 Å². The summed E-state index contributed by atoms with van der Waals surface area (Å²) in [5, 5.41) is 13.7. The maximum atomic E-state index is 13.2. The van der Waals surface area contributed by atoms with Gasteiger partial charge in [-0.1, -0.05) is 6.07 Å². The molecule has 6 rings (SSSR count). The molecule has 176 valence electrons. The van der Waals surface area contributed by atoms with Crippen LogP contribution in [0.4, 0.5) is 11.4 Å². The predicted octanol–water partition coefficient (Wildman–Crippen LogP) is 3.83.